The highest BCUT2D eigenvalue weighted by Crippen LogP contribution is 2.43. The normalized spacial score (nSPS) is 17.7. The molecular formula is C32H37N7O4. The molecular weight excluding hydrogens is 546 g/mol. The number of hydrogen-bond acceptors (Lipinski definition) is 7. The van der Waals surface area contributed by atoms with Crippen molar-refractivity contribution >= 4 is 11.8 Å². The van der Waals surface area contributed by atoms with Gasteiger partial charge in [-0.15, -0.1) is 10.2 Å². The fourth-order valence-electron chi connectivity index (χ4n) is 6.13. The molecule has 11 nitrogen and oxygen atoms in total. The summed E-state index contributed by atoms with van der Waals surface area (Å²) < 4.78 is 14.2. The molecule has 1 fully saturated rings. The first-order chi connectivity index (χ1) is 20.5. The van der Waals surface area contributed by atoms with Crippen LogP contribution in [0.3, 0.4) is 0 Å². The number of aryl methyl sites for hydroxylation is 2. The molecule has 224 valence electrons. The second-order valence-corrected chi connectivity index (χ2v) is 12.2. The summed E-state index contributed by atoms with van der Waals surface area (Å²) in [5.74, 6) is 0.421. The topological polar surface area (TPSA) is 130 Å². The number of methoxy groups -OCH3 is 1. The van der Waals surface area contributed by atoms with Gasteiger partial charge in [0.2, 0.25) is 11.7 Å². The highest BCUT2D eigenvalue weighted by Gasteiger charge is 2.49. The zero-order valence-corrected chi connectivity index (χ0v) is 25.3. The fourth-order valence-corrected chi connectivity index (χ4v) is 6.13. The highest BCUT2D eigenvalue weighted by molar-refractivity contribution is 6.00. The number of fused-ring (bicyclic) bond motifs is 3. The first-order valence-corrected chi connectivity index (χ1v) is 14.5. The van der Waals surface area contributed by atoms with E-state index in [1.165, 1.54) is 4.80 Å². The zero-order valence-electron chi connectivity index (χ0n) is 25.3. The summed E-state index contributed by atoms with van der Waals surface area (Å²) in [5.41, 5.74) is 10.5. The van der Waals surface area contributed by atoms with Gasteiger partial charge in [-0.1, -0.05) is 30.3 Å². The fraction of sp³-hybridized carbons (Fsp3) is 0.406. The number of likely N-dealkylation sites (tertiary alicyclic amines) is 1. The lowest BCUT2D eigenvalue weighted by Gasteiger charge is -2.48. The molecule has 0 radical (unpaired) electrons. The molecule has 0 bridgehead atoms. The molecule has 1 atom stereocenters. The van der Waals surface area contributed by atoms with E-state index in [0.717, 1.165) is 27.9 Å². The number of hydrogen-bond donors (Lipinski definition) is 1. The van der Waals surface area contributed by atoms with Gasteiger partial charge >= 0.3 is 0 Å². The molecule has 0 aliphatic carbocycles. The van der Waals surface area contributed by atoms with Gasteiger partial charge < -0.3 is 24.7 Å². The van der Waals surface area contributed by atoms with Crippen LogP contribution in [0, 0.1) is 0 Å². The SMILES string of the molecule is COc1cc2c(cc1-c1nnn(C)n1)-c1c(CC(C)(C)OCc3ccccc3)cc(C(=O)N3CC[C@]3(C)C(N)=O)n1CC2. The zero-order chi connectivity index (χ0) is 30.5. The number of benzene rings is 2. The lowest BCUT2D eigenvalue weighted by atomic mass is 9.85. The van der Waals surface area contributed by atoms with E-state index < -0.39 is 17.0 Å². The van der Waals surface area contributed by atoms with Crippen LogP contribution in [0.1, 0.15) is 54.4 Å². The number of carbonyl (C=O) groups is 2. The van der Waals surface area contributed by atoms with Gasteiger partial charge in [0, 0.05) is 25.1 Å². The standard InChI is InChI=1S/C32H37N7O4/c1-31(2,43-19-20-9-7-6-8-10-20)18-22-15-25(29(40)39-14-12-32(39,3)30(33)41)38-13-11-21-16-26(42-5)24(17-23(21)27(22)38)28-34-36-37(4)35-28/h6-10,15-17H,11-14,18-19H2,1-5H3,(H2,33,41)/t32-/m1/s1. The lowest BCUT2D eigenvalue weighted by Crippen LogP contribution is -2.66. The van der Waals surface area contributed by atoms with E-state index in [1.54, 1.807) is 26.0 Å². The van der Waals surface area contributed by atoms with Crippen LogP contribution < -0.4 is 10.5 Å². The molecule has 0 unspecified atom stereocenters. The molecule has 2 amide bonds. The molecule has 2 aromatic heterocycles. The summed E-state index contributed by atoms with van der Waals surface area (Å²) in [4.78, 5) is 29.3. The van der Waals surface area contributed by atoms with E-state index >= 15 is 0 Å². The summed E-state index contributed by atoms with van der Waals surface area (Å²) in [6.07, 6.45) is 1.80. The molecule has 2 aliphatic heterocycles. The quantitative estimate of drug-likeness (QED) is 0.319. The van der Waals surface area contributed by atoms with Gasteiger partial charge in [0.1, 0.15) is 17.0 Å². The van der Waals surface area contributed by atoms with Gasteiger partial charge in [0.15, 0.2) is 0 Å². The minimum Gasteiger partial charge on any atom is -0.496 e. The van der Waals surface area contributed by atoms with Gasteiger partial charge in [-0.3, -0.25) is 9.59 Å². The third-order valence-electron chi connectivity index (χ3n) is 8.71. The summed E-state index contributed by atoms with van der Waals surface area (Å²) in [6.45, 7) is 7.41. The van der Waals surface area contributed by atoms with Crippen LogP contribution in [0.4, 0.5) is 0 Å². The predicted molar refractivity (Wildman–Crippen MR) is 160 cm³/mol. The Bertz CT molecular complexity index is 1710. The average molecular weight is 584 g/mol. The van der Waals surface area contributed by atoms with Gasteiger partial charge in [-0.25, -0.2) is 0 Å². The summed E-state index contributed by atoms with van der Waals surface area (Å²) in [5, 5.41) is 12.7. The Balaban J connectivity index is 1.45. The van der Waals surface area contributed by atoms with Crippen molar-refractivity contribution in [2.75, 3.05) is 13.7 Å². The second-order valence-electron chi connectivity index (χ2n) is 12.2. The second kappa shape index (κ2) is 10.6. The minimum absolute atomic E-state index is 0.198. The van der Waals surface area contributed by atoms with Crippen LogP contribution in [0.25, 0.3) is 22.6 Å². The lowest BCUT2D eigenvalue weighted by molar-refractivity contribution is -0.134. The first-order valence-electron chi connectivity index (χ1n) is 14.5. The molecule has 0 saturated carbocycles. The Morgan fingerprint density at radius 2 is 1.86 bits per heavy atom. The van der Waals surface area contributed by atoms with E-state index in [9.17, 15) is 9.59 Å². The summed E-state index contributed by atoms with van der Waals surface area (Å²) in [7, 11) is 3.35. The summed E-state index contributed by atoms with van der Waals surface area (Å²) in [6, 6.07) is 16.1. The predicted octanol–water partition coefficient (Wildman–Crippen LogP) is 3.54. The van der Waals surface area contributed by atoms with Crippen molar-refractivity contribution in [3.05, 3.63) is 70.9 Å². The van der Waals surface area contributed by atoms with E-state index in [1.807, 2.05) is 48.5 Å². The van der Waals surface area contributed by atoms with Crippen LogP contribution in [0.5, 0.6) is 5.75 Å². The maximum Gasteiger partial charge on any atom is 0.271 e. The molecule has 2 aliphatic rings. The average Bonchev–Trinajstić information content (AvgIpc) is 3.58. The number of rotatable bonds is 9. The Hall–Kier alpha value is -4.51. The monoisotopic (exact) mass is 583 g/mol. The maximum absolute atomic E-state index is 14.0. The molecule has 2 N–H and O–H groups in total. The molecule has 1 saturated heterocycles. The van der Waals surface area contributed by atoms with Gasteiger partial charge in [-0.05, 0) is 73.7 Å². The van der Waals surface area contributed by atoms with E-state index in [4.69, 9.17) is 15.2 Å². The van der Waals surface area contributed by atoms with Crippen molar-refractivity contribution in [3.63, 3.8) is 0 Å². The number of nitrogens with two attached hydrogens (primary N) is 1. The number of primary amides is 1. The maximum atomic E-state index is 14.0. The largest absolute Gasteiger partial charge is 0.496 e. The van der Waals surface area contributed by atoms with Crippen LogP contribution in [0.2, 0.25) is 0 Å². The first kappa shape index (κ1) is 28.6. The van der Waals surface area contributed by atoms with Crippen molar-refractivity contribution in [2.45, 2.75) is 64.3 Å². The Morgan fingerprint density at radius 3 is 2.49 bits per heavy atom. The molecule has 11 heteroatoms. The minimum atomic E-state index is -0.995. The number of ether oxygens (including phenoxy) is 2. The van der Waals surface area contributed by atoms with Crippen molar-refractivity contribution in [1.82, 2.24) is 29.7 Å². The van der Waals surface area contributed by atoms with Crippen molar-refractivity contribution in [2.24, 2.45) is 12.8 Å². The Kier molecular flexibility index (Phi) is 7.08. The van der Waals surface area contributed by atoms with Crippen molar-refractivity contribution in [3.8, 4) is 28.4 Å². The highest BCUT2D eigenvalue weighted by atomic mass is 16.5. The van der Waals surface area contributed by atoms with Gasteiger partial charge in [0.25, 0.3) is 5.91 Å². The number of tetrazole rings is 1. The van der Waals surface area contributed by atoms with Crippen LogP contribution in [0.15, 0.2) is 48.5 Å². The number of amides is 2. The Labute approximate surface area is 250 Å². The third-order valence-corrected chi connectivity index (χ3v) is 8.71. The van der Waals surface area contributed by atoms with E-state index in [-0.39, 0.29) is 5.91 Å². The van der Waals surface area contributed by atoms with Crippen LogP contribution in [-0.2, 0) is 42.6 Å². The molecule has 4 heterocycles. The summed E-state index contributed by atoms with van der Waals surface area (Å²) >= 11 is 0. The van der Waals surface area contributed by atoms with E-state index in [2.05, 4.69) is 33.8 Å². The van der Waals surface area contributed by atoms with Crippen molar-refractivity contribution in [1.29, 1.82) is 0 Å². The Morgan fingerprint density at radius 1 is 1.09 bits per heavy atom. The molecule has 0 spiro atoms. The molecule has 4 aromatic rings. The third kappa shape index (κ3) is 5.07. The van der Waals surface area contributed by atoms with E-state index in [0.29, 0.717) is 61.8 Å². The van der Waals surface area contributed by atoms with Crippen LogP contribution >= 0.6 is 0 Å². The smallest absolute Gasteiger partial charge is 0.271 e. The van der Waals surface area contributed by atoms with Gasteiger partial charge in [-0.2, -0.15) is 4.80 Å². The molecule has 43 heavy (non-hydrogen) atoms. The van der Waals surface area contributed by atoms with Crippen LogP contribution in [-0.4, -0.2) is 66.3 Å². The number of carbonyl (C=O) groups excluding carboxylic acids is 2. The number of aromatic nitrogens is 5. The van der Waals surface area contributed by atoms with Crippen molar-refractivity contribution < 1.29 is 19.1 Å². The van der Waals surface area contributed by atoms with Gasteiger partial charge in [0.05, 0.1) is 37.6 Å². The molecule has 6 rings (SSSR count). The molecule has 2 aromatic carbocycles. The number of nitrogens with zero attached hydrogens (tertiary/aromatic N) is 6.